The Balaban J connectivity index is 1.19. The molecule has 3 heterocycles. The van der Waals surface area contributed by atoms with Crippen molar-refractivity contribution in [3.05, 3.63) is 152 Å². The molecule has 3 heteroatoms. The van der Waals surface area contributed by atoms with E-state index in [-0.39, 0.29) is 0 Å². The van der Waals surface area contributed by atoms with Gasteiger partial charge in [-0.3, -0.25) is 0 Å². The van der Waals surface area contributed by atoms with Gasteiger partial charge in [0.05, 0.1) is 16.7 Å². The number of rotatable bonds is 3. The molecule has 0 bridgehead atoms. The Hall–Kier alpha value is -5.64. The van der Waals surface area contributed by atoms with Crippen LogP contribution in [0.3, 0.4) is 0 Å². The normalized spacial score (nSPS) is 12.0. The third-order valence-electron chi connectivity index (χ3n) is 9.21. The molecule has 0 aliphatic heterocycles. The van der Waals surface area contributed by atoms with E-state index >= 15 is 0 Å². The average molecular weight is 592 g/mol. The zero-order valence-electron chi connectivity index (χ0n) is 24.2. The number of fused-ring (bicyclic) bond motifs is 9. The van der Waals surface area contributed by atoms with E-state index < -0.39 is 0 Å². The fourth-order valence-corrected chi connectivity index (χ4v) is 8.38. The van der Waals surface area contributed by atoms with Crippen LogP contribution >= 0.6 is 11.3 Å². The highest BCUT2D eigenvalue weighted by Gasteiger charge is 2.19. The molecule has 0 unspecified atom stereocenters. The molecular weight excluding hydrogens is 567 g/mol. The van der Waals surface area contributed by atoms with Gasteiger partial charge in [0.25, 0.3) is 0 Å². The van der Waals surface area contributed by atoms with Crippen molar-refractivity contribution < 1.29 is 4.42 Å². The van der Waals surface area contributed by atoms with E-state index in [1.54, 1.807) is 0 Å². The standard InChI is InChI=1S/C42H25NOS/c1-2-10-26(11-3-1)27-20-22-37-34(24-27)30-12-4-6-17-36(30)43(37)38-18-9-15-32-35-25-28(21-23-39(35)44-41(32)38)29-14-8-16-33-31-13-5-7-19-40(31)45-42(29)33/h1-25H. The van der Waals surface area contributed by atoms with Gasteiger partial charge in [-0.2, -0.15) is 0 Å². The summed E-state index contributed by atoms with van der Waals surface area (Å²) >= 11 is 1.87. The highest BCUT2D eigenvalue weighted by atomic mass is 32.1. The summed E-state index contributed by atoms with van der Waals surface area (Å²) in [5.74, 6) is 0. The van der Waals surface area contributed by atoms with E-state index in [9.17, 15) is 0 Å². The van der Waals surface area contributed by atoms with Gasteiger partial charge in [-0.1, -0.05) is 109 Å². The van der Waals surface area contributed by atoms with Crippen LogP contribution in [0.4, 0.5) is 0 Å². The molecule has 0 fully saturated rings. The van der Waals surface area contributed by atoms with Gasteiger partial charge in [-0.15, -0.1) is 11.3 Å². The Kier molecular flexibility index (Phi) is 5.19. The topological polar surface area (TPSA) is 18.1 Å². The van der Waals surface area contributed by atoms with Crippen molar-refractivity contribution in [3.63, 3.8) is 0 Å². The van der Waals surface area contributed by atoms with Crippen molar-refractivity contribution in [1.82, 2.24) is 4.57 Å². The fourth-order valence-electron chi connectivity index (χ4n) is 7.14. The van der Waals surface area contributed by atoms with Crippen LogP contribution in [0.5, 0.6) is 0 Å². The number of furan rings is 1. The fraction of sp³-hybridized carbons (Fsp3) is 0. The Morgan fingerprint density at radius 3 is 2.09 bits per heavy atom. The van der Waals surface area contributed by atoms with Gasteiger partial charge in [0.2, 0.25) is 0 Å². The lowest BCUT2D eigenvalue weighted by molar-refractivity contribution is 0.666. The quantitative estimate of drug-likeness (QED) is 0.200. The van der Waals surface area contributed by atoms with E-state index in [0.29, 0.717) is 0 Å². The van der Waals surface area contributed by atoms with Crippen LogP contribution in [-0.4, -0.2) is 4.57 Å². The number of benzene rings is 7. The summed E-state index contributed by atoms with van der Waals surface area (Å²) in [6.45, 7) is 0. The van der Waals surface area contributed by atoms with Crippen molar-refractivity contribution in [2.24, 2.45) is 0 Å². The van der Waals surface area contributed by atoms with Crippen LogP contribution in [0.1, 0.15) is 0 Å². The molecule has 0 saturated carbocycles. The van der Waals surface area contributed by atoms with Crippen molar-refractivity contribution in [2.75, 3.05) is 0 Å². The van der Waals surface area contributed by atoms with E-state index in [0.717, 1.165) is 27.6 Å². The summed E-state index contributed by atoms with van der Waals surface area (Å²) in [5, 5.41) is 7.36. The average Bonchev–Trinajstić information content (AvgIpc) is 3.78. The van der Waals surface area contributed by atoms with E-state index in [1.807, 2.05) is 11.3 Å². The zero-order chi connectivity index (χ0) is 29.5. The van der Waals surface area contributed by atoms with Crippen molar-refractivity contribution in [1.29, 1.82) is 0 Å². The van der Waals surface area contributed by atoms with Gasteiger partial charge < -0.3 is 8.98 Å². The van der Waals surface area contributed by atoms with E-state index in [1.165, 1.54) is 64.2 Å². The number of hydrogen-bond acceptors (Lipinski definition) is 2. The molecule has 0 aliphatic rings. The number of para-hydroxylation sites is 2. The minimum absolute atomic E-state index is 0.900. The molecule has 3 aromatic heterocycles. The molecule has 0 N–H and O–H groups in total. The van der Waals surface area contributed by atoms with Crippen LogP contribution < -0.4 is 0 Å². The molecular formula is C42H25NOS. The van der Waals surface area contributed by atoms with Gasteiger partial charge >= 0.3 is 0 Å². The van der Waals surface area contributed by atoms with Crippen LogP contribution in [0.15, 0.2) is 156 Å². The third kappa shape index (κ3) is 3.62. The maximum Gasteiger partial charge on any atom is 0.159 e. The molecule has 0 saturated heterocycles. The second-order valence-corrected chi connectivity index (χ2v) is 12.8. The van der Waals surface area contributed by atoms with Gasteiger partial charge in [-0.25, -0.2) is 0 Å². The summed E-state index contributed by atoms with van der Waals surface area (Å²) in [6, 6.07) is 54.6. The van der Waals surface area contributed by atoms with Crippen molar-refractivity contribution in [3.8, 4) is 27.9 Å². The molecule has 0 amide bonds. The molecule has 0 aliphatic carbocycles. The highest BCUT2D eigenvalue weighted by molar-refractivity contribution is 7.26. The lowest BCUT2D eigenvalue weighted by Gasteiger charge is -2.09. The van der Waals surface area contributed by atoms with E-state index in [2.05, 4.69) is 156 Å². The van der Waals surface area contributed by atoms with Gasteiger partial charge in [-0.05, 0) is 64.7 Å². The Morgan fingerprint density at radius 2 is 1.16 bits per heavy atom. The molecule has 10 aromatic rings. The lowest BCUT2D eigenvalue weighted by atomic mass is 10.0. The first kappa shape index (κ1) is 24.8. The molecule has 2 nitrogen and oxygen atoms in total. The molecule has 210 valence electrons. The maximum atomic E-state index is 6.71. The zero-order valence-corrected chi connectivity index (χ0v) is 25.0. The second kappa shape index (κ2) is 9.43. The largest absolute Gasteiger partial charge is 0.454 e. The van der Waals surface area contributed by atoms with E-state index in [4.69, 9.17) is 4.42 Å². The number of thiophene rings is 1. The number of hydrogen-bond donors (Lipinski definition) is 0. The predicted molar refractivity (Wildman–Crippen MR) is 192 cm³/mol. The number of aromatic nitrogens is 1. The SMILES string of the molecule is c1ccc(-c2ccc3c(c2)c2ccccc2n3-c2cccc3c2oc2ccc(-c4cccc5c4sc4ccccc45)cc23)cc1. The molecule has 0 radical (unpaired) electrons. The molecule has 0 atom stereocenters. The van der Waals surface area contributed by atoms with Crippen molar-refractivity contribution in [2.45, 2.75) is 0 Å². The first-order valence-corrected chi connectivity index (χ1v) is 16.1. The number of nitrogens with zero attached hydrogens (tertiary/aromatic N) is 1. The summed E-state index contributed by atoms with van der Waals surface area (Å²) < 4.78 is 11.7. The molecule has 10 rings (SSSR count). The van der Waals surface area contributed by atoms with Gasteiger partial charge in [0, 0.05) is 41.7 Å². The Morgan fingerprint density at radius 1 is 0.444 bits per heavy atom. The van der Waals surface area contributed by atoms with Crippen LogP contribution in [-0.2, 0) is 0 Å². The second-order valence-electron chi connectivity index (χ2n) is 11.7. The monoisotopic (exact) mass is 591 g/mol. The minimum Gasteiger partial charge on any atom is -0.454 e. The Bertz CT molecular complexity index is 2760. The highest BCUT2D eigenvalue weighted by Crippen LogP contribution is 2.43. The van der Waals surface area contributed by atoms with Crippen molar-refractivity contribution >= 4 is 75.3 Å². The van der Waals surface area contributed by atoms with Crippen LogP contribution in [0, 0.1) is 0 Å². The molecule has 45 heavy (non-hydrogen) atoms. The summed E-state index contributed by atoms with van der Waals surface area (Å²) in [5.41, 5.74) is 10.1. The minimum atomic E-state index is 0.900. The predicted octanol–water partition coefficient (Wildman–Crippen LogP) is 12.4. The van der Waals surface area contributed by atoms with Gasteiger partial charge in [0.15, 0.2) is 5.58 Å². The molecule has 7 aromatic carbocycles. The summed E-state index contributed by atoms with van der Waals surface area (Å²) in [7, 11) is 0. The smallest absolute Gasteiger partial charge is 0.159 e. The van der Waals surface area contributed by atoms with Crippen LogP contribution in [0.2, 0.25) is 0 Å². The first-order chi connectivity index (χ1) is 22.3. The molecule has 0 spiro atoms. The Labute approximate surface area is 263 Å². The lowest BCUT2D eigenvalue weighted by Crippen LogP contribution is -1.94. The van der Waals surface area contributed by atoms with Crippen LogP contribution in [0.25, 0.3) is 91.9 Å². The first-order valence-electron chi connectivity index (χ1n) is 15.3. The summed E-state index contributed by atoms with van der Waals surface area (Å²) in [6.07, 6.45) is 0. The maximum absolute atomic E-state index is 6.71. The van der Waals surface area contributed by atoms with Gasteiger partial charge in [0.1, 0.15) is 5.58 Å². The summed E-state index contributed by atoms with van der Waals surface area (Å²) in [4.78, 5) is 0. The third-order valence-corrected chi connectivity index (χ3v) is 10.4.